The second-order valence-electron chi connectivity index (χ2n) is 3.32. The summed E-state index contributed by atoms with van der Waals surface area (Å²) in [5, 5.41) is 0. The molecule has 1 rings (SSSR count). The molecule has 2 heteroatoms. The molecule has 0 aromatic carbocycles. The topological polar surface area (TPSA) is 52.0 Å². The minimum atomic E-state index is 0.157. The van der Waals surface area contributed by atoms with Crippen molar-refractivity contribution < 1.29 is 0 Å². The summed E-state index contributed by atoms with van der Waals surface area (Å²) in [5.41, 5.74) is 13.3. The predicted octanol–water partition coefficient (Wildman–Crippen LogP) is 0.935. The van der Waals surface area contributed by atoms with Gasteiger partial charge >= 0.3 is 0 Å². The van der Waals surface area contributed by atoms with E-state index in [2.05, 4.69) is 13.8 Å². The van der Waals surface area contributed by atoms with Crippen LogP contribution in [0.1, 0.15) is 26.7 Å². The molecule has 0 aromatic heterocycles. The van der Waals surface area contributed by atoms with Gasteiger partial charge in [0.25, 0.3) is 0 Å². The van der Waals surface area contributed by atoms with E-state index in [1.165, 1.54) is 0 Å². The van der Waals surface area contributed by atoms with E-state index in [1.807, 2.05) is 0 Å². The molecule has 0 amide bonds. The number of rotatable bonds is 0. The average molecular weight is 126 g/mol. The van der Waals surface area contributed by atoms with Crippen LogP contribution in [0.15, 0.2) is 11.4 Å². The van der Waals surface area contributed by atoms with Crippen molar-refractivity contribution in [1.82, 2.24) is 0 Å². The lowest BCUT2D eigenvalue weighted by Crippen LogP contribution is -2.18. The standard InChI is InChI=1S/C7H14N2/c1-7(2)4-3-5(8)6(7)9/h3-4,8-9H2,1-2H3. The first-order chi connectivity index (χ1) is 4.04. The molecule has 0 saturated carbocycles. The third kappa shape index (κ3) is 0.889. The maximum atomic E-state index is 5.71. The zero-order valence-electron chi connectivity index (χ0n) is 6.07. The molecule has 0 heterocycles. The molecule has 9 heavy (non-hydrogen) atoms. The van der Waals surface area contributed by atoms with Crippen LogP contribution in [0.2, 0.25) is 0 Å². The Balaban J connectivity index is 2.88. The predicted molar refractivity (Wildman–Crippen MR) is 38.4 cm³/mol. The fourth-order valence-electron chi connectivity index (χ4n) is 1.15. The minimum absolute atomic E-state index is 0.157. The van der Waals surface area contributed by atoms with Crippen molar-refractivity contribution in [2.75, 3.05) is 0 Å². The zero-order valence-corrected chi connectivity index (χ0v) is 6.07. The minimum Gasteiger partial charge on any atom is -0.401 e. The van der Waals surface area contributed by atoms with Gasteiger partial charge in [0.1, 0.15) is 0 Å². The van der Waals surface area contributed by atoms with Crippen LogP contribution >= 0.6 is 0 Å². The highest BCUT2D eigenvalue weighted by atomic mass is 14.7. The third-order valence-electron chi connectivity index (χ3n) is 2.09. The highest BCUT2D eigenvalue weighted by molar-refractivity contribution is 5.20. The second kappa shape index (κ2) is 1.66. The Morgan fingerprint density at radius 1 is 1.33 bits per heavy atom. The Morgan fingerprint density at radius 2 is 1.89 bits per heavy atom. The maximum Gasteiger partial charge on any atom is 0.0328 e. The van der Waals surface area contributed by atoms with Gasteiger partial charge in [0, 0.05) is 16.8 Å². The molecule has 2 nitrogen and oxygen atoms in total. The lowest BCUT2D eigenvalue weighted by atomic mass is 9.91. The molecule has 0 fully saturated rings. The fourth-order valence-corrected chi connectivity index (χ4v) is 1.15. The second-order valence-corrected chi connectivity index (χ2v) is 3.32. The van der Waals surface area contributed by atoms with Gasteiger partial charge in [-0.05, 0) is 12.8 Å². The molecule has 1 aliphatic rings. The van der Waals surface area contributed by atoms with Gasteiger partial charge in [-0.1, -0.05) is 13.8 Å². The van der Waals surface area contributed by atoms with E-state index in [0.29, 0.717) is 0 Å². The van der Waals surface area contributed by atoms with Gasteiger partial charge in [-0.25, -0.2) is 0 Å². The number of nitrogens with two attached hydrogens (primary N) is 2. The van der Waals surface area contributed by atoms with E-state index in [-0.39, 0.29) is 5.41 Å². The molecular formula is C7H14N2. The first-order valence-corrected chi connectivity index (χ1v) is 3.28. The highest BCUT2D eigenvalue weighted by Gasteiger charge is 2.28. The summed E-state index contributed by atoms with van der Waals surface area (Å²) in [7, 11) is 0. The third-order valence-corrected chi connectivity index (χ3v) is 2.09. The SMILES string of the molecule is CC1(C)CCC(N)=C1N. The van der Waals surface area contributed by atoms with Gasteiger partial charge < -0.3 is 11.5 Å². The highest BCUT2D eigenvalue weighted by Crippen LogP contribution is 2.36. The Hall–Kier alpha value is -0.660. The molecule has 0 spiro atoms. The van der Waals surface area contributed by atoms with Crippen LogP contribution in [0.3, 0.4) is 0 Å². The van der Waals surface area contributed by atoms with E-state index in [9.17, 15) is 0 Å². The summed E-state index contributed by atoms with van der Waals surface area (Å²) in [6.45, 7) is 4.25. The van der Waals surface area contributed by atoms with Gasteiger partial charge in [-0.3, -0.25) is 0 Å². The number of allylic oxidation sites excluding steroid dienone is 2. The van der Waals surface area contributed by atoms with Crippen molar-refractivity contribution >= 4 is 0 Å². The van der Waals surface area contributed by atoms with Gasteiger partial charge in [-0.15, -0.1) is 0 Å². The molecular weight excluding hydrogens is 112 g/mol. The van der Waals surface area contributed by atoms with Crippen molar-refractivity contribution in [3.8, 4) is 0 Å². The molecule has 0 radical (unpaired) electrons. The lowest BCUT2D eigenvalue weighted by molar-refractivity contribution is 0.438. The first kappa shape index (κ1) is 6.46. The van der Waals surface area contributed by atoms with Crippen molar-refractivity contribution in [2.45, 2.75) is 26.7 Å². The molecule has 0 unspecified atom stereocenters. The normalized spacial score (nSPS) is 25.1. The summed E-state index contributed by atoms with van der Waals surface area (Å²) in [5.74, 6) is 0. The molecule has 1 aliphatic carbocycles. The van der Waals surface area contributed by atoms with Crippen LogP contribution in [-0.2, 0) is 0 Å². The summed E-state index contributed by atoms with van der Waals surface area (Å²) >= 11 is 0. The van der Waals surface area contributed by atoms with Gasteiger partial charge in [0.2, 0.25) is 0 Å². The van der Waals surface area contributed by atoms with Crippen molar-refractivity contribution in [3.05, 3.63) is 11.4 Å². The summed E-state index contributed by atoms with van der Waals surface area (Å²) in [6, 6.07) is 0. The van der Waals surface area contributed by atoms with Crippen LogP contribution in [-0.4, -0.2) is 0 Å². The van der Waals surface area contributed by atoms with Gasteiger partial charge in [0.05, 0.1) is 0 Å². The maximum absolute atomic E-state index is 5.71. The molecule has 0 bridgehead atoms. The Kier molecular flexibility index (Phi) is 1.19. The van der Waals surface area contributed by atoms with Gasteiger partial charge in [0.15, 0.2) is 0 Å². The summed E-state index contributed by atoms with van der Waals surface area (Å²) < 4.78 is 0. The smallest absolute Gasteiger partial charge is 0.0328 e. The largest absolute Gasteiger partial charge is 0.401 e. The van der Waals surface area contributed by atoms with E-state index in [0.717, 1.165) is 24.2 Å². The molecule has 0 atom stereocenters. The molecule has 4 N–H and O–H groups in total. The Bertz CT molecular complexity index is 156. The van der Waals surface area contributed by atoms with Crippen molar-refractivity contribution in [1.29, 1.82) is 0 Å². The number of hydrogen-bond acceptors (Lipinski definition) is 2. The molecule has 0 aromatic rings. The zero-order chi connectivity index (χ0) is 7.07. The molecule has 0 aliphatic heterocycles. The molecule has 52 valence electrons. The van der Waals surface area contributed by atoms with Crippen molar-refractivity contribution in [3.63, 3.8) is 0 Å². The Morgan fingerprint density at radius 3 is 2.00 bits per heavy atom. The number of hydrogen-bond donors (Lipinski definition) is 2. The van der Waals surface area contributed by atoms with Gasteiger partial charge in [-0.2, -0.15) is 0 Å². The summed E-state index contributed by atoms with van der Waals surface area (Å²) in [4.78, 5) is 0. The van der Waals surface area contributed by atoms with Crippen molar-refractivity contribution in [2.24, 2.45) is 16.9 Å². The molecule has 0 saturated heterocycles. The van der Waals surface area contributed by atoms with E-state index in [1.54, 1.807) is 0 Å². The average Bonchev–Trinajstić information content (AvgIpc) is 1.97. The fraction of sp³-hybridized carbons (Fsp3) is 0.714. The summed E-state index contributed by atoms with van der Waals surface area (Å²) in [6.07, 6.45) is 2.07. The van der Waals surface area contributed by atoms with Crippen LogP contribution < -0.4 is 11.5 Å². The van der Waals surface area contributed by atoms with E-state index in [4.69, 9.17) is 11.5 Å². The van der Waals surface area contributed by atoms with Crippen LogP contribution in [0, 0.1) is 5.41 Å². The van der Waals surface area contributed by atoms with Crippen LogP contribution in [0.25, 0.3) is 0 Å². The van der Waals surface area contributed by atoms with E-state index >= 15 is 0 Å². The lowest BCUT2D eigenvalue weighted by Gasteiger charge is -2.17. The quantitative estimate of drug-likeness (QED) is 0.507. The Labute approximate surface area is 55.9 Å². The van der Waals surface area contributed by atoms with Crippen LogP contribution in [0.5, 0.6) is 0 Å². The monoisotopic (exact) mass is 126 g/mol. The van der Waals surface area contributed by atoms with E-state index < -0.39 is 0 Å². The first-order valence-electron chi connectivity index (χ1n) is 3.28. The van der Waals surface area contributed by atoms with Crippen LogP contribution in [0.4, 0.5) is 0 Å².